The van der Waals surface area contributed by atoms with E-state index in [0.717, 1.165) is 40.9 Å². The van der Waals surface area contributed by atoms with Gasteiger partial charge in [-0.15, -0.1) is 0 Å². The smallest absolute Gasteiger partial charge is 0.222 e. The van der Waals surface area contributed by atoms with Crippen molar-refractivity contribution >= 4 is 17.8 Å². The Hall–Kier alpha value is -2.53. The summed E-state index contributed by atoms with van der Waals surface area (Å²) < 4.78 is 0. The highest BCUT2D eigenvalue weighted by Crippen LogP contribution is 2.33. The lowest BCUT2D eigenvalue weighted by Crippen LogP contribution is -2.15. The topological polar surface area (TPSA) is 75.1 Å². The third kappa shape index (κ3) is 3.21. The molecule has 2 N–H and O–H groups in total. The van der Waals surface area contributed by atoms with Gasteiger partial charge in [-0.3, -0.25) is 4.79 Å². The zero-order chi connectivity index (χ0) is 17.3. The number of nitrogens with zero attached hydrogens (tertiary/aromatic N) is 2. The van der Waals surface area contributed by atoms with Crippen LogP contribution in [0.3, 0.4) is 0 Å². The number of aromatic nitrogens is 2. The second-order valence-electron chi connectivity index (χ2n) is 6.31. The maximum atomic E-state index is 11.5. The van der Waals surface area contributed by atoms with Gasteiger partial charge < -0.3 is 10.4 Å². The summed E-state index contributed by atoms with van der Waals surface area (Å²) in [5.74, 6) is 0.356. The van der Waals surface area contributed by atoms with Gasteiger partial charge in [-0.2, -0.15) is 0 Å². The van der Waals surface area contributed by atoms with Crippen molar-refractivity contribution < 1.29 is 9.90 Å². The number of hydrogen-bond acceptors (Lipinski definition) is 4. The van der Waals surface area contributed by atoms with Crippen molar-refractivity contribution in [3.63, 3.8) is 0 Å². The molecule has 5 nitrogen and oxygen atoms in total. The number of carbonyl (C=O) groups excluding carboxylic acids is 1. The monoisotopic (exact) mass is 323 g/mol. The lowest BCUT2D eigenvalue weighted by Gasteiger charge is -2.20. The van der Waals surface area contributed by atoms with Crippen LogP contribution in [-0.2, 0) is 24.2 Å². The average molecular weight is 323 g/mol. The van der Waals surface area contributed by atoms with Gasteiger partial charge in [0.15, 0.2) is 5.82 Å². The number of hydrogen-bond donors (Lipinski definition) is 2. The van der Waals surface area contributed by atoms with Crippen molar-refractivity contribution in [3.05, 3.63) is 46.3 Å². The summed E-state index contributed by atoms with van der Waals surface area (Å²) in [6.45, 7) is 5.48. The van der Waals surface area contributed by atoms with Crippen LogP contribution in [-0.4, -0.2) is 21.0 Å². The molecular formula is C19H21N3O2. The van der Waals surface area contributed by atoms with E-state index in [0.29, 0.717) is 11.5 Å². The summed E-state index contributed by atoms with van der Waals surface area (Å²) in [7, 11) is 0. The van der Waals surface area contributed by atoms with Gasteiger partial charge in [0.1, 0.15) is 5.69 Å². The number of nitrogens with one attached hydrogen (secondary N) is 1. The van der Waals surface area contributed by atoms with Crippen LogP contribution in [0.1, 0.15) is 43.3 Å². The second kappa shape index (κ2) is 6.53. The molecule has 0 saturated carbocycles. The Kier molecular flexibility index (Phi) is 4.44. The average Bonchev–Trinajstić information content (AvgIpc) is 2.53. The third-order valence-corrected chi connectivity index (χ3v) is 3.95. The Morgan fingerprint density at radius 3 is 2.71 bits per heavy atom. The number of aliphatic hydroxyl groups excluding tert-OH is 1. The minimum atomic E-state index is -0.156. The summed E-state index contributed by atoms with van der Waals surface area (Å²) in [5.41, 5.74) is 6.66. The van der Waals surface area contributed by atoms with Gasteiger partial charge >= 0.3 is 0 Å². The first-order chi connectivity index (χ1) is 11.5. The number of rotatable bonds is 3. The standard InChI is InChI=1S/C19H21N3O2/c1-11(2)8-17-19(20-12(3)24)22-16-7-5-14-9-13(10-23)4-6-15(14)18(16)21-17/h4,6,8-9,23H,5,7,10H2,1-3H3,(H,20,22,24). The number of benzene rings is 1. The van der Waals surface area contributed by atoms with Crippen molar-refractivity contribution in [3.8, 4) is 11.3 Å². The van der Waals surface area contributed by atoms with Crippen LogP contribution in [0.2, 0.25) is 0 Å². The number of anilines is 1. The molecule has 1 amide bonds. The van der Waals surface area contributed by atoms with E-state index in [1.165, 1.54) is 12.5 Å². The summed E-state index contributed by atoms with van der Waals surface area (Å²) in [5, 5.41) is 12.1. The highest BCUT2D eigenvalue weighted by atomic mass is 16.3. The molecule has 0 radical (unpaired) electrons. The van der Waals surface area contributed by atoms with E-state index in [4.69, 9.17) is 4.98 Å². The predicted molar refractivity (Wildman–Crippen MR) is 94.4 cm³/mol. The summed E-state index contributed by atoms with van der Waals surface area (Å²) >= 11 is 0. The van der Waals surface area contributed by atoms with E-state index < -0.39 is 0 Å². The van der Waals surface area contributed by atoms with Crippen LogP contribution in [0.5, 0.6) is 0 Å². The Morgan fingerprint density at radius 2 is 2.04 bits per heavy atom. The van der Waals surface area contributed by atoms with E-state index in [2.05, 4.69) is 10.3 Å². The van der Waals surface area contributed by atoms with Gasteiger partial charge in [-0.05, 0) is 43.9 Å². The van der Waals surface area contributed by atoms with Crippen LogP contribution in [0.15, 0.2) is 23.8 Å². The fraction of sp³-hybridized carbons (Fsp3) is 0.316. The number of amides is 1. The van der Waals surface area contributed by atoms with Gasteiger partial charge in [0.05, 0.1) is 18.0 Å². The van der Waals surface area contributed by atoms with Gasteiger partial charge in [0, 0.05) is 12.5 Å². The fourth-order valence-corrected chi connectivity index (χ4v) is 2.94. The predicted octanol–water partition coefficient (Wildman–Crippen LogP) is 3.12. The molecule has 1 aromatic heterocycles. The molecule has 124 valence electrons. The van der Waals surface area contributed by atoms with E-state index in [1.807, 2.05) is 38.1 Å². The molecule has 0 bridgehead atoms. The molecule has 0 fully saturated rings. The number of fused-ring (bicyclic) bond motifs is 3. The number of allylic oxidation sites excluding steroid dienone is 1. The molecule has 5 heteroatoms. The molecular weight excluding hydrogens is 302 g/mol. The Labute approximate surface area is 141 Å². The molecule has 2 aromatic rings. The van der Waals surface area contributed by atoms with Gasteiger partial charge in [-0.1, -0.05) is 23.8 Å². The van der Waals surface area contributed by atoms with E-state index in [-0.39, 0.29) is 12.5 Å². The molecule has 0 atom stereocenters. The van der Waals surface area contributed by atoms with Crippen LogP contribution in [0.25, 0.3) is 17.3 Å². The normalized spacial score (nSPS) is 12.2. The first-order valence-electron chi connectivity index (χ1n) is 8.04. The fourth-order valence-electron chi connectivity index (χ4n) is 2.94. The zero-order valence-corrected chi connectivity index (χ0v) is 14.2. The first kappa shape index (κ1) is 16.3. The van der Waals surface area contributed by atoms with Crippen LogP contribution in [0.4, 0.5) is 5.82 Å². The molecule has 0 spiro atoms. The molecule has 1 aromatic carbocycles. The summed E-state index contributed by atoms with van der Waals surface area (Å²) in [6.07, 6.45) is 3.55. The minimum absolute atomic E-state index is 0.0380. The molecule has 3 rings (SSSR count). The van der Waals surface area contributed by atoms with Gasteiger partial charge in [0.25, 0.3) is 0 Å². The van der Waals surface area contributed by atoms with E-state index in [1.54, 1.807) is 0 Å². The Balaban J connectivity index is 2.16. The van der Waals surface area contributed by atoms with Gasteiger partial charge in [0.2, 0.25) is 5.91 Å². The summed E-state index contributed by atoms with van der Waals surface area (Å²) in [4.78, 5) is 20.9. The van der Waals surface area contributed by atoms with Crippen molar-refractivity contribution in [1.29, 1.82) is 0 Å². The quantitative estimate of drug-likeness (QED) is 0.910. The van der Waals surface area contributed by atoms with E-state index >= 15 is 0 Å². The minimum Gasteiger partial charge on any atom is -0.392 e. The second-order valence-corrected chi connectivity index (χ2v) is 6.31. The van der Waals surface area contributed by atoms with Crippen molar-refractivity contribution in [2.45, 2.75) is 40.2 Å². The highest BCUT2D eigenvalue weighted by Gasteiger charge is 2.21. The van der Waals surface area contributed by atoms with Crippen molar-refractivity contribution in [1.82, 2.24) is 9.97 Å². The zero-order valence-electron chi connectivity index (χ0n) is 14.2. The van der Waals surface area contributed by atoms with Crippen LogP contribution < -0.4 is 5.32 Å². The molecule has 0 aliphatic heterocycles. The maximum Gasteiger partial charge on any atom is 0.222 e. The summed E-state index contributed by atoms with van der Waals surface area (Å²) in [6, 6.07) is 5.94. The molecule has 24 heavy (non-hydrogen) atoms. The molecule has 1 aliphatic carbocycles. The molecule has 1 heterocycles. The Morgan fingerprint density at radius 1 is 1.25 bits per heavy atom. The Bertz CT molecular complexity index is 837. The number of aliphatic hydroxyl groups is 1. The maximum absolute atomic E-state index is 11.5. The lowest BCUT2D eigenvalue weighted by molar-refractivity contribution is -0.114. The van der Waals surface area contributed by atoms with Crippen LogP contribution >= 0.6 is 0 Å². The molecule has 0 saturated heterocycles. The SMILES string of the molecule is CC(=O)Nc1nc2c(nc1C=C(C)C)-c1ccc(CO)cc1CC2. The largest absolute Gasteiger partial charge is 0.392 e. The lowest BCUT2D eigenvalue weighted by atomic mass is 9.90. The highest BCUT2D eigenvalue weighted by molar-refractivity contribution is 5.90. The first-order valence-corrected chi connectivity index (χ1v) is 8.04. The molecule has 0 unspecified atom stereocenters. The van der Waals surface area contributed by atoms with Gasteiger partial charge in [-0.25, -0.2) is 9.97 Å². The third-order valence-electron chi connectivity index (χ3n) is 3.95. The van der Waals surface area contributed by atoms with Crippen molar-refractivity contribution in [2.75, 3.05) is 5.32 Å². The van der Waals surface area contributed by atoms with E-state index in [9.17, 15) is 9.90 Å². The number of carbonyl (C=O) groups is 1. The van der Waals surface area contributed by atoms with Crippen LogP contribution in [0, 0.1) is 0 Å². The number of aryl methyl sites for hydroxylation is 2. The molecule has 1 aliphatic rings. The van der Waals surface area contributed by atoms with Crippen molar-refractivity contribution in [2.24, 2.45) is 0 Å².